The SMILES string of the molecule is CCSC1CCC(NS(=O)(=O)c2cc(C)c(Cl)c(N)c2)C1. The molecule has 1 saturated carbocycles. The van der Waals surface area contributed by atoms with E-state index in [2.05, 4.69) is 11.6 Å². The summed E-state index contributed by atoms with van der Waals surface area (Å²) in [6, 6.07) is 3.00. The standard InChI is InChI=1S/C14H21ClN2O2S2/c1-3-20-11-5-4-10(7-11)17-21(18,19)12-6-9(2)14(15)13(16)8-12/h6,8,10-11,17H,3-5,7,16H2,1-2H3. The number of nitrogen functional groups attached to an aromatic ring is 1. The van der Waals surface area contributed by atoms with Crippen molar-refractivity contribution in [2.45, 2.75) is 49.3 Å². The summed E-state index contributed by atoms with van der Waals surface area (Å²) in [5, 5.41) is 0.967. The number of anilines is 1. The second-order valence-corrected chi connectivity index (χ2v) is 9.02. The fraction of sp³-hybridized carbons (Fsp3) is 0.571. The van der Waals surface area contributed by atoms with Gasteiger partial charge in [-0.15, -0.1) is 0 Å². The highest BCUT2D eigenvalue weighted by molar-refractivity contribution is 7.99. The third-order valence-corrected chi connectivity index (χ3v) is 6.92. The van der Waals surface area contributed by atoms with E-state index in [1.165, 1.54) is 6.07 Å². The number of halogens is 1. The summed E-state index contributed by atoms with van der Waals surface area (Å²) in [5.74, 6) is 1.07. The zero-order chi connectivity index (χ0) is 15.6. The van der Waals surface area contributed by atoms with Gasteiger partial charge < -0.3 is 5.73 Å². The highest BCUT2D eigenvalue weighted by atomic mass is 35.5. The minimum atomic E-state index is -3.54. The summed E-state index contributed by atoms with van der Waals surface area (Å²) in [5.41, 5.74) is 6.72. The highest BCUT2D eigenvalue weighted by Gasteiger charge is 2.29. The Labute approximate surface area is 135 Å². The lowest BCUT2D eigenvalue weighted by Crippen LogP contribution is -2.33. The van der Waals surface area contributed by atoms with Crippen molar-refractivity contribution in [2.75, 3.05) is 11.5 Å². The van der Waals surface area contributed by atoms with Gasteiger partial charge in [-0.25, -0.2) is 13.1 Å². The lowest BCUT2D eigenvalue weighted by Gasteiger charge is -2.15. The monoisotopic (exact) mass is 348 g/mol. The minimum absolute atomic E-state index is 0.0104. The molecule has 4 nitrogen and oxygen atoms in total. The zero-order valence-corrected chi connectivity index (χ0v) is 14.6. The van der Waals surface area contributed by atoms with Gasteiger partial charge in [-0.3, -0.25) is 0 Å². The molecule has 0 radical (unpaired) electrons. The number of rotatable bonds is 5. The Balaban J connectivity index is 2.13. The first kappa shape index (κ1) is 16.9. The first-order chi connectivity index (χ1) is 9.83. The summed E-state index contributed by atoms with van der Waals surface area (Å²) >= 11 is 7.88. The molecule has 7 heteroatoms. The molecule has 2 rings (SSSR count). The van der Waals surface area contributed by atoms with Gasteiger partial charge in [0.1, 0.15) is 0 Å². The van der Waals surface area contributed by atoms with Crippen molar-refractivity contribution in [2.24, 2.45) is 0 Å². The van der Waals surface area contributed by atoms with Crippen molar-refractivity contribution in [1.29, 1.82) is 0 Å². The van der Waals surface area contributed by atoms with Gasteiger partial charge in [-0.1, -0.05) is 18.5 Å². The summed E-state index contributed by atoms with van der Waals surface area (Å²) < 4.78 is 27.7. The molecule has 0 saturated heterocycles. The molecular weight excluding hydrogens is 328 g/mol. The molecule has 0 spiro atoms. The maximum Gasteiger partial charge on any atom is 0.240 e. The van der Waals surface area contributed by atoms with Crippen molar-refractivity contribution in [1.82, 2.24) is 4.72 Å². The van der Waals surface area contributed by atoms with Gasteiger partial charge in [0.25, 0.3) is 0 Å². The van der Waals surface area contributed by atoms with Gasteiger partial charge >= 0.3 is 0 Å². The summed E-state index contributed by atoms with van der Waals surface area (Å²) in [4.78, 5) is 0.188. The molecule has 3 N–H and O–H groups in total. The van der Waals surface area contributed by atoms with E-state index in [0.29, 0.717) is 21.5 Å². The van der Waals surface area contributed by atoms with Crippen LogP contribution >= 0.6 is 23.4 Å². The Hall–Kier alpha value is -0.430. The van der Waals surface area contributed by atoms with Crippen LogP contribution in [0.25, 0.3) is 0 Å². The Morgan fingerprint density at radius 2 is 2.14 bits per heavy atom. The third kappa shape index (κ3) is 4.06. The number of hydrogen-bond donors (Lipinski definition) is 2. The molecule has 1 aliphatic rings. The first-order valence-corrected chi connectivity index (χ1v) is 9.94. The fourth-order valence-corrected chi connectivity index (χ4v) is 5.29. The normalized spacial score (nSPS) is 22.6. The smallest absolute Gasteiger partial charge is 0.240 e. The number of nitrogens with one attached hydrogen (secondary N) is 1. The Bertz CT molecular complexity index is 596. The number of hydrogen-bond acceptors (Lipinski definition) is 4. The molecule has 118 valence electrons. The van der Waals surface area contributed by atoms with Gasteiger partial charge in [0.15, 0.2) is 0 Å². The second-order valence-electron chi connectivity index (χ2n) is 5.35. The number of aryl methyl sites for hydroxylation is 1. The molecule has 1 aromatic carbocycles. The van der Waals surface area contributed by atoms with Crippen molar-refractivity contribution in [3.63, 3.8) is 0 Å². The van der Waals surface area contributed by atoms with Gasteiger partial charge in [-0.2, -0.15) is 11.8 Å². The Morgan fingerprint density at radius 3 is 2.76 bits per heavy atom. The average molecular weight is 349 g/mol. The lowest BCUT2D eigenvalue weighted by molar-refractivity contribution is 0.552. The molecule has 1 aromatic rings. The topological polar surface area (TPSA) is 72.2 Å². The number of sulfonamides is 1. The van der Waals surface area contributed by atoms with Crippen LogP contribution in [0.15, 0.2) is 17.0 Å². The van der Waals surface area contributed by atoms with E-state index < -0.39 is 10.0 Å². The van der Waals surface area contributed by atoms with Crippen molar-refractivity contribution in [3.05, 3.63) is 22.7 Å². The van der Waals surface area contributed by atoms with Crippen LogP contribution in [0.4, 0.5) is 5.69 Å². The minimum Gasteiger partial charge on any atom is -0.397 e. The van der Waals surface area contributed by atoms with Crippen molar-refractivity contribution in [3.8, 4) is 0 Å². The van der Waals surface area contributed by atoms with E-state index in [0.717, 1.165) is 25.0 Å². The van der Waals surface area contributed by atoms with Crippen molar-refractivity contribution < 1.29 is 8.42 Å². The van der Waals surface area contributed by atoms with Gasteiger partial charge in [0, 0.05) is 11.3 Å². The lowest BCUT2D eigenvalue weighted by atomic mass is 10.2. The van der Waals surface area contributed by atoms with Gasteiger partial charge in [-0.05, 0) is 49.6 Å². The largest absolute Gasteiger partial charge is 0.397 e. The fourth-order valence-electron chi connectivity index (χ4n) is 2.64. The predicted octanol–water partition coefficient (Wildman–Crippen LogP) is 3.18. The van der Waals surface area contributed by atoms with Crippen LogP contribution in [0, 0.1) is 6.92 Å². The molecule has 21 heavy (non-hydrogen) atoms. The molecule has 2 atom stereocenters. The molecule has 0 aliphatic heterocycles. The quantitative estimate of drug-likeness (QED) is 0.801. The van der Waals surface area contributed by atoms with Gasteiger partial charge in [0.05, 0.1) is 15.6 Å². The maximum atomic E-state index is 12.5. The number of thioether (sulfide) groups is 1. The average Bonchev–Trinajstić information content (AvgIpc) is 2.82. The van der Waals surface area contributed by atoms with Crippen LogP contribution in [0.3, 0.4) is 0 Å². The first-order valence-electron chi connectivity index (χ1n) is 7.03. The zero-order valence-electron chi connectivity index (χ0n) is 12.2. The molecule has 2 unspecified atom stereocenters. The number of nitrogens with two attached hydrogens (primary N) is 1. The van der Waals surface area contributed by atoms with E-state index in [4.69, 9.17) is 17.3 Å². The molecular formula is C14H21ClN2O2S2. The van der Waals surface area contributed by atoms with Crippen LogP contribution in [0.1, 0.15) is 31.7 Å². The summed E-state index contributed by atoms with van der Waals surface area (Å²) in [6.45, 7) is 3.88. The van der Waals surface area contributed by atoms with Crippen LogP contribution < -0.4 is 10.5 Å². The van der Waals surface area contributed by atoms with Crippen LogP contribution in [-0.2, 0) is 10.0 Å². The van der Waals surface area contributed by atoms with Crippen LogP contribution in [0.2, 0.25) is 5.02 Å². The Morgan fingerprint density at radius 1 is 1.43 bits per heavy atom. The molecule has 1 aliphatic carbocycles. The molecule has 0 aromatic heterocycles. The second kappa shape index (κ2) is 6.77. The van der Waals surface area contributed by atoms with Gasteiger partial charge in [0.2, 0.25) is 10.0 Å². The molecule has 0 amide bonds. The Kier molecular flexibility index (Phi) is 5.46. The van der Waals surface area contributed by atoms with E-state index in [-0.39, 0.29) is 10.9 Å². The van der Waals surface area contributed by atoms with E-state index >= 15 is 0 Å². The third-order valence-electron chi connectivity index (χ3n) is 3.68. The summed E-state index contributed by atoms with van der Waals surface area (Å²) in [6.07, 6.45) is 2.84. The predicted molar refractivity (Wildman–Crippen MR) is 90.5 cm³/mol. The van der Waals surface area contributed by atoms with Crippen LogP contribution in [0.5, 0.6) is 0 Å². The van der Waals surface area contributed by atoms with Crippen LogP contribution in [-0.4, -0.2) is 25.5 Å². The number of benzene rings is 1. The van der Waals surface area contributed by atoms with E-state index in [9.17, 15) is 8.42 Å². The highest BCUT2D eigenvalue weighted by Crippen LogP contribution is 2.31. The molecule has 1 fully saturated rings. The van der Waals surface area contributed by atoms with E-state index in [1.807, 2.05) is 11.8 Å². The summed E-state index contributed by atoms with van der Waals surface area (Å²) in [7, 11) is -3.54. The molecule has 0 bridgehead atoms. The van der Waals surface area contributed by atoms with Crippen molar-refractivity contribution >= 4 is 39.1 Å². The van der Waals surface area contributed by atoms with E-state index in [1.54, 1.807) is 13.0 Å². The molecule has 0 heterocycles. The maximum absolute atomic E-state index is 12.5.